The van der Waals surface area contributed by atoms with Gasteiger partial charge in [0.1, 0.15) is 6.04 Å². The van der Waals surface area contributed by atoms with Crippen molar-refractivity contribution in [3.8, 4) is 0 Å². The minimum atomic E-state index is -0.405. The van der Waals surface area contributed by atoms with Crippen molar-refractivity contribution in [1.29, 1.82) is 0 Å². The Morgan fingerprint density at radius 3 is 2.65 bits per heavy atom. The molecule has 1 atom stereocenters. The Morgan fingerprint density at radius 1 is 1.23 bits per heavy atom. The number of halogens is 2. The van der Waals surface area contributed by atoms with E-state index in [1.165, 1.54) is 11.8 Å². The number of benzene rings is 2. The minimum Gasteiger partial charge on any atom is -0.369 e. The molecule has 0 heterocycles. The third-order valence-corrected chi connectivity index (χ3v) is 5.30. The van der Waals surface area contributed by atoms with Crippen molar-refractivity contribution in [3.05, 3.63) is 58.1 Å². The van der Waals surface area contributed by atoms with E-state index in [9.17, 15) is 9.59 Å². The van der Waals surface area contributed by atoms with Gasteiger partial charge in [-0.3, -0.25) is 9.59 Å². The fourth-order valence-electron chi connectivity index (χ4n) is 2.33. The molecule has 0 aliphatic heterocycles. The lowest BCUT2D eigenvalue weighted by molar-refractivity contribution is -0.682. The van der Waals surface area contributed by atoms with Crippen molar-refractivity contribution in [2.45, 2.75) is 17.9 Å². The Hall–Kier alpha value is -1.73. The van der Waals surface area contributed by atoms with Crippen LogP contribution < -0.4 is 16.4 Å². The summed E-state index contributed by atoms with van der Waals surface area (Å²) in [7, 11) is 0. The molecule has 2 amide bonds. The molecule has 0 fully saturated rings. The smallest absolute Gasteiger partial charge is 0.279 e. The van der Waals surface area contributed by atoms with Gasteiger partial charge in [0.05, 0.1) is 16.5 Å². The third-order valence-electron chi connectivity index (χ3n) is 3.64. The Balaban J connectivity index is 1.93. The fourth-order valence-corrected chi connectivity index (χ4v) is 3.66. The first-order valence-electron chi connectivity index (χ1n) is 7.95. The number of hydrogen-bond donors (Lipinski definition) is 3. The molecule has 8 heteroatoms. The number of nitrogens with one attached hydrogen (secondary N) is 1. The first-order chi connectivity index (χ1) is 12.4. The molecule has 2 aromatic rings. The summed E-state index contributed by atoms with van der Waals surface area (Å²) < 4.78 is 0. The number of rotatable bonds is 8. The van der Waals surface area contributed by atoms with E-state index < -0.39 is 5.91 Å². The molecule has 2 aromatic carbocycles. The maximum absolute atomic E-state index is 12.3. The van der Waals surface area contributed by atoms with Crippen LogP contribution in [0.25, 0.3) is 0 Å². The number of amides is 2. The van der Waals surface area contributed by atoms with Gasteiger partial charge in [0, 0.05) is 15.5 Å². The first kappa shape index (κ1) is 20.6. The van der Waals surface area contributed by atoms with E-state index in [1.54, 1.807) is 18.2 Å². The Kier molecular flexibility index (Phi) is 7.78. The number of anilines is 1. The molecular weight excluding hydrogens is 393 g/mol. The van der Waals surface area contributed by atoms with Crippen LogP contribution >= 0.6 is 35.0 Å². The van der Waals surface area contributed by atoms with Gasteiger partial charge in [0.25, 0.3) is 5.91 Å². The highest BCUT2D eigenvalue weighted by molar-refractivity contribution is 8.00. The van der Waals surface area contributed by atoms with E-state index in [0.717, 1.165) is 10.5 Å². The topological polar surface area (TPSA) is 88.8 Å². The van der Waals surface area contributed by atoms with E-state index in [1.807, 2.05) is 36.5 Å². The summed E-state index contributed by atoms with van der Waals surface area (Å²) in [4.78, 5) is 24.0. The molecule has 5 N–H and O–H groups in total. The maximum Gasteiger partial charge on any atom is 0.279 e. The molecule has 0 radical (unpaired) electrons. The van der Waals surface area contributed by atoms with Crippen LogP contribution in [-0.2, 0) is 9.59 Å². The zero-order valence-corrected chi connectivity index (χ0v) is 16.5. The lowest BCUT2D eigenvalue weighted by Crippen LogP contribution is -2.86. The number of quaternary nitrogens is 1. The normalized spacial score (nSPS) is 11.8. The molecule has 2 rings (SSSR count). The molecule has 26 heavy (non-hydrogen) atoms. The van der Waals surface area contributed by atoms with E-state index in [2.05, 4.69) is 5.32 Å². The average molecular weight is 413 g/mol. The molecule has 0 bridgehead atoms. The van der Waals surface area contributed by atoms with Gasteiger partial charge in [-0.05, 0) is 31.2 Å². The average Bonchev–Trinajstić information content (AvgIpc) is 2.59. The Bertz CT molecular complexity index is 802. The monoisotopic (exact) mass is 412 g/mol. The summed E-state index contributed by atoms with van der Waals surface area (Å²) in [6, 6.07) is 12.6. The van der Waals surface area contributed by atoms with Gasteiger partial charge in [0.2, 0.25) is 5.91 Å². The molecular formula is C18H20Cl2N3O2S+. The van der Waals surface area contributed by atoms with Crippen molar-refractivity contribution in [2.75, 3.05) is 17.6 Å². The van der Waals surface area contributed by atoms with Gasteiger partial charge in [-0.15, -0.1) is 11.8 Å². The SMILES string of the molecule is C[C@H]([NH2+]CC(=O)Nc1ccccc1SCC(N)=O)c1ccc(Cl)cc1Cl. The molecule has 0 aliphatic carbocycles. The number of thioether (sulfide) groups is 1. The summed E-state index contributed by atoms with van der Waals surface area (Å²) in [5.41, 5.74) is 6.76. The van der Waals surface area contributed by atoms with Crippen LogP contribution in [0.4, 0.5) is 5.69 Å². The molecule has 0 spiro atoms. The van der Waals surface area contributed by atoms with Crippen molar-refractivity contribution >= 4 is 52.5 Å². The second kappa shape index (κ2) is 9.83. The minimum absolute atomic E-state index is 0.00463. The van der Waals surface area contributed by atoms with Crippen LogP contribution in [0.15, 0.2) is 47.4 Å². The van der Waals surface area contributed by atoms with E-state index in [-0.39, 0.29) is 24.2 Å². The quantitative estimate of drug-likeness (QED) is 0.582. The molecule has 0 saturated heterocycles. The highest BCUT2D eigenvalue weighted by atomic mass is 35.5. The van der Waals surface area contributed by atoms with Gasteiger partial charge in [0.15, 0.2) is 6.54 Å². The predicted octanol–water partition coefficient (Wildman–Crippen LogP) is 2.83. The van der Waals surface area contributed by atoms with E-state index in [4.69, 9.17) is 28.9 Å². The summed E-state index contributed by atoms with van der Waals surface area (Å²) in [6.07, 6.45) is 0. The summed E-state index contributed by atoms with van der Waals surface area (Å²) in [6.45, 7) is 2.20. The zero-order chi connectivity index (χ0) is 19.1. The predicted molar refractivity (Wildman–Crippen MR) is 107 cm³/mol. The second-order valence-corrected chi connectivity index (χ2v) is 7.55. The Labute approximate surface area is 166 Å². The summed E-state index contributed by atoms with van der Waals surface area (Å²) in [5, 5.41) is 5.92. The third kappa shape index (κ3) is 6.21. The van der Waals surface area contributed by atoms with Crippen LogP contribution in [-0.4, -0.2) is 24.1 Å². The Morgan fingerprint density at radius 2 is 1.96 bits per heavy atom. The maximum atomic E-state index is 12.3. The lowest BCUT2D eigenvalue weighted by Gasteiger charge is -2.14. The van der Waals surface area contributed by atoms with E-state index >= 15 is 0 Å². The number of carbonyl (C=O) groups is 2. The molecule has 0 unspecified atom stereocenters. The van der Waals surface area contributed by atoms with Gasteiger partial charge >= 0.3 is 0 Å². The highest BCUT2D eigenvalue weighted by Gasteiger charge is 2.15. The summed E-state index contributed by atoms with van der Waals surface area (Å²) >= 11 is 13.4. The van der Waals surface area contributed by atoms with Crippen molar-refractivity contribution in [2.24, 2.45) is 5.73 Å². The number of nitrogens with two attached hydrogens (primary N) is 2. The molecule has 5 nitrogen and oxygen atoms in total. The molecule has 0 saturated carbocycles. The van der Waals surface area contributed by atoms with Crippen LogP contribution in [0.3, 0.4) is 0 Å². The largest absolute Gasteiger partial charge is 0.369 e. The van der Waals surface area contributed by atoms with Crippen molar-refractivity contribution in [1.82, 2.24) is 0 Å². The number of hydrogen-bond acceptors (Lipinski definition) is 3. The zero-order valence-electron chi connectivity index (χ0n) is 14.2. The highest BCUT2D eigenvalue weighted by Crippen LogP contribution is 2.27. The number of primary amides is 1. The van der Waals surface area contributed by atoms with Crippen LogP contribution in [0.1, 0.15) is 18.5 Å². The van der Waals surface area contributed by atoms with Crippen molar-refractivity contribution in [3.63, 3.8) is 0 Å². The first-order valence-corrected chi connectivity index (χ1v) is 9.69. The standard InChI is InChI=1S/C18H19Cl2N3O2S/c1-11(13-7-6-12(19)8-14(13)20)22-9-18(25)23-15-4-2-3-5-16(15)26-10-17(21)24/h2-8,11,22H,9-10H2,1H3,(H2,21,24)(H,23,25)/p+1/t11-/m0/s1. The van der Waals surface area contributed by atoms with Crippen molar-refractivity contribution < 1.29 is 14.9 Å². The van der Waals surface area contributed by atoms with Gasteiger partial charge < -0.3 is 16.4 Å². The molecule has 0 aliphatic rings. The van der Waals surface area contributed by atoms with Crippen LogP contribution in [0, 0.1) is 0 Å². The molecule has 0 aromatic heterocycles. The fraction of sp³-hybridized carbons (Fsp3) is 0.222. The van der Waals surface area contributed by atoms with Crippen LogP contribution in [0.2, 0.25) is 10.0 Å². The van der Waals surface area contributed by atoms with Gasteiger partial charge in [-0.1, -0.05) is 41.4 Å². The number of carbonyl (C=O) groups excluding carboxylic acids is 2. The second-order valence-electron chi connectivity index (χ2n) is 5.69. The van der Waals surface area contributed by atoms with Crippen LogP contribution in [0.5, 0.6) is 0 Å². The lowest BCUT2D eigenvalue weighted by atomic mass is 10.1. The van der Waals surface area contributed by atoms with Gasteiger partial charge in [-0.25, -0.2) is 0 Å². The van der Waals surface area contributed by atoms with E-state index in [0.29, 0.717) is 15.7 Å². The molecule has 138 valence electrons. The summed E-state index contributed by atoms with van der Waals surface area (Å²) in [5.74, 6) is -0.391. The number of para-hydroxylation sites is 1. The van der Waals surface area contributed by atoms with Gasteiger partial charge in [-0.2, -0.15) is 0 Å².